The molecule has 0 aliphatic heterocycles. The number of hydrogen-bond acceptors (Lipinski definition) is 4. The van der Waals surface area contributed by atoms with Gasteiger partial charge in [0.2, 0.25) is 0 Å². The van der Waals surface area contributed by atoms with Crippen molar-refractivity contribution in [2.24, 2.45) is 0 Å². The summed E-state index contributed by atoms with van der Waals surface area (Å²) in [4.78, 5) is 19.7. The monoisotopic (exact) mass is 423 g/mol. The summed E-state index contributed by atoms with van der Waals surface area (Å²) in [5.74, 6) is -0.566. The second kappa shape index (κ2) is 8.38. The molecule has 5 heteroatoms. The quantitative estimate of drug-likeness (QED) is 0.496. The number of benzene rings is 1. The Hall–Kier alpha value is -2.40. The first-order valence-corrected chi connectivity index (χ1v) is 11.6. The summed E-state index contributed by atoms with van der Waals surface area (Å²) in [5.41, 5.74) is 6.16. The van der Waals surface area contributed by atoms with Gasteiger partial charge in [0.1, 0.15) is 10.6 Å². The van der Waals surface area contributed by atoms with Crippen molar-refractivity contribution in [3.05, 3.63) is 45.5 Å². The van der Waals surface area contributed by atoms with E-state index in [2.05, 4.69) is 12.1 Å². The Kier molecular flexibility index (Phi) is 5.83. The lowest BCUT2D eigenvalue weighted by Crippen LogP contribution is -2.15. The molecule has 158 valence electrons. The number of hydrogen-bond donors (Lipinski definition) is 1. The molecular weight excluding hydrogens is 394 g/mol. The van der Waals surface area contributed by atoms with Crippen LogP contribution in [-0.2, 0) is 17.6 Å². The lowest BCUT2D eigenvalue weighted by atomic mass is 9.83. The molecule has 0 saturated carbocycles. The fourth-order valence-electron chi connectivity index (χ4n) is 4.81. The van der Waals surface area contributed by atoms with Crippen molar-refractivity contribution in [3.63, 3.8) is 0 Å². The van der Waals surface area contributed by atoms with Crippen LogP contribution in [0.4, 0.5) is 0 Å². The third-order valence-corrected chi connectivity index (χ3v) is 7.37. The minimum atomic E-state index is -0.780. The van der Waals surface area contributed by atoms with Crippen LogP contribution >= 0.6 is 11.3 Å². The highest BCUT2D eigenvalue weighted by molar-refractivity contribution is 7.19. The molecule has 4 nitrogen and oxygen atoms in total. The number of aliphatic carboxylic acids is 1. The number of aryl methyl sites for hydroxylation is 4. The van der Waals surface area contributed by atoms with Gasteiger partial charge in [-0.2, -0.15) is 0 Å². The summed E-state index contributed by atoms with van der Waals surface area (Å²) >= 11 is 1.78. The minimum Gasteiger partial charge on any atom is -0.496 e. The summed E-state index contributed by atoms with van der Waals surface area (Å²) < 4.78 is 5.78. The largest absolute Gasteiger partial charge is 0.496 e. The number of pyridine rings is 1. The van der Waals surface area contributed by atoms with Crippen LogP contribution < -0.4 is 4.74 Å². The highest BCUT2D eigenvalue weighted by Gasteiger charge is 2.31. The second-order valence-electron chi connectivity index (χ2n) is 8.26. The van der Waals surface area contributed by atoms with Gasteiger partial charge in [-0.15, -0.1) is 11.3 Å². The molecule has 1 atom stereocenters. The third-order valence-electron chi connectivity index (χ3n) is 6.18. The molecule has 1 N–H and O–H groups in total. The van der Waals surface area contributed by atoms with Gasteiger partial charge in [0.25, 0.3) is 0 Å². The molecule has 2 heterocycles. The smallest absolute Gasteiger partial charge is 0.311 e. The number of fused-ring (bicyclic) bond motifs is 3. The second-order valence-corrected chi connectivity index (χ2v) is 9.34. The van der Waals surface area contributed by atoms with Gasteiger partial charge in [0.15, 0.2) is 0 Å². The van der Waals surface area contributed by atoms with Gasteiger partial charge in [-0.25, -0.2) is 4.98 Å². The molecule has 0 fully saturated rings. The van der Waals surface area contributed by atoms with Crippen molar-refractivity contribution in [2.45, 2.75) is 65.2 Å². The molecule has 0 radical (unpaired) electrons. The van der Waals surface area contributed by atoms with Gasteiger partial charge >= 0.3 is 5.97 Å². The maximum absolute atomic E-state index is 12.3. The number of ether oxygens (including phenoxy) is 1. The Labute approximate surface area is 181 Å². The van der Waals surface area contributed by atoms with Crippen molar-refractivity contribution in [1.82, 2.24) is 4.98 Å². The number of carboxylic acid groups (broad SMARTS) is 1. The zero-order chi connectivity index (χ0) is 21.4. The molecule has 0 saturated heterocycles. The molecular formula is C25H29NO3S. The number of carbonyl (C=O) groups is 1. The average Bonchev–Trinajstić information content (AvgIpc) is 3.09. The Morgan fingerprint density at radius 3 is 2.73 bits per heavy atom. The van der Waals surface area contributed by atoms with E-state index in [1.165, 1.54) is 23.3 Å². The van der Waals surface area contributed by atoms with Crippen LogP contribution in [-0.4, -0.2) is 23.2 Å². The van der Waals surface area contributed by atoms with Crippen LogP contribution in [0, 0.1) is 13.8 Å². The average molecular weight is 424 g/mol. The summed E-state index contributed by atoms with van der Waals surface area (Å²) in [6.45, 7) is 6.04. The van der Waals surface area contributed by atoms with Gasteiger partial charge in [-0.1, -0.05) is 25.5 Å². The Bertz CT molecular complexity index is 1120. The number of thiophene rings is 1. The van der Waals surface area contributed by atoms with Crippen molar-refractivity contribution >= 4 is 27.5 Å². The molecule has 4 rings (SSSR count). The number of aromatic nitrogens is 1. The van der Waals surface area contributed by atoms with E-state index in [1.54, 1.807) is 18.4 Å². The molecule has 0 bridgehead atoms. The summed E-state index contributed by atoms with van der Waals surface area (Å²) in [6.07, 6.45) is 5.91. The van der Waals surface area contributed by atoms with Crippen molar-refractivity contribution in [3.8, 4) is 16.9 Å². The zero-order valence-corrected chi connectivity index (χ0v) is 19.0. The topological polar surface area (TPSA) is 59.4 Å². The van der Waals surface area contributed by atoms with E-state index in [0.29, 0.717) is 6.42 Å². The molecule has 1 aliphatic rings. The van der Waals surface area contributed by atoms with Crippen molar-refractivity contribution in [1.29, 1.82) is 0 Å². The van der Waals surface area contributed by atoms with E-state index in [9.17, 15) is 9.90 Å². The zero-order valence-electron chi connectivity index (χ0n) is 18.2. The number of nitrogens with zero attached hydrogens (tertiary/aromatic N) is 1. The maximum atomic E-state index is 12.3. The van der Waals surface area contributed by atoms with Crippen molar-refractivity contribution < 1.29 is 14.6 Å². The fourth-order valence-corrected chi connectivity index (χ4v) is 6.12. The first-order valence-electron chi connectivity index (χ1n) is 10.8. The van der Waals surface area contributed by atoms with E-state index in [1.807, 2.05) is 26.8 Å². The van der Waals surface area contributed by atoms with E-state index in [0.717, 1.165) is 63.2 Å². The van der Waals surface area contributed by atoms with Crippen molar-refractivity contribution in [2.75, 3.05) is 7.11 Å². The first kappa shape index (κ1) is 20.9. The molecule has 1 unspecified atom stereocenters. The van der Waals surface area contributed by atoms with Gasteiger partial charge in [0, 0.05) is 27.1 Å². The van der Waals surface area contributed by atoms with Gasteiger partial charge < -0.3 is 9.84 Å². The predicted octanol–water partition coefficient (Wildman–Crippen LogP) is 6.44. The normalized spacial score (nSPS) is 14.5. The predicted molar refractivity (Wildman–Crippen MR) is 123 cm³/mol. The molecule has 2 aromatic heterocycles. The summed E-state index contributed by atoms with van der Waals surface area (Å²) in [7, 11) is 1.69. The van der Waals surface area contributed by atoms with Gasteiger partial charge in [-0.05, 0) is 68.7 Å². The Morgan fingerprint density at radius 1 is 1.27 bits per heavy atom. The van der Waals surface area contributed by atoms with E-state index in [4.69, 9.17) is 9.72 Å². The summed E-state index contributed by atoms with van der Waals surface area (Å²) in [6, 6.07) is 6.20. The highest BCUT2D eigenvalue weighted by atomic mass is 32.1. The van der Waals surface area contributed by atoms with E-state index < -0.39 is 11.9 Å². The lowest BCUT2D eigenvalue weighted by molar-refractivity contribution is -0.139. The van der Waals surface area contributed by atoms with Gasteiger partial charge in [0.05, 0.1) is 13.0 Å². The Balaban J connectivity index is 2.14. The Morgan fingerprint density at radius 2 is 2.03 bits per heavy atom. The molecule has 3 aromatic rings. The van der Waals surface area contributed by atoms with Crippen LogP contribution in [0.2, 0.25) is 0 Å². The first-order chi connectivity index (χ1) is 14.5. The molecule has 1 aromatic carbocycles. The van der Waals surface area contributed by atoms with E-state index >= 15 is 0 Å². The lowest BCUT2D eigenvalue weighted by Gasteiger charge is -2.22. The molecule has 1 aliphatic carbocycles. The SMILES string of the molecule is CCCC(C(=O)O)c1c(C)nc2sc3c(c2c1-c1ccc(C)cc1OC)CCCC3. The van der Waals surface area contributed by atoms with Crippen LogP contribution in [0.5, 0.6) is 5.75 Å². The molecule has 0 spiro atoms. The fraction of sp³-hybridized carbons (Fsp3) is 0.440. The van der Waals surface area contributed by atoms with Crippen LogP contribution in [0.3, 0.4) is 0 Å². The minimum absolute atomic E-state index is 0.577. The summed E-state index contributed by atoms with van der Waals surface area (Å²) in [5, 5.41) is 11.3. The highest BCUT2D eigenvalue weighted by Crippen LogP contribution is 2.47. The van der Waals surface area contributed by atoms with Crippen LogP contribution in [0.1, 0.15) is 65.8 Å². The standard InChI is InChI=1S/C25H29NO3S/c1-5-8-18(25(27)28)21-15(3)26-24-23(17-9-6-7-10-20(17)30-24)22(21)16-12-11-14(2)13-19(16)29-4/h11-13,18H,5-10H2,1-4H3,(H,27,28). The maximum Gasteiger partial charge on any atom is 0.311 e. The molecule has 0 amide bonds. The molecule has 30 heavy (non-hydrogen) atoms. The van der Waals surface area contributed by atoms with Gasteiger partial charge in [-0.3, -0.25) is 4.79 Å². The third kappa shape index (κ3) is 3.49. The van der Waals surface area contributed by atoms with Crippen LogP contribution in [0.25, 0.3) is 21.3 Å². The van der Waals surface area contributed by atoms with E-state index in [-0.39, 0.29) is 0 Å². The number of rotatable bonds is 6. The van der Waals surface area contributed by atoms with Crippen LogP contribution in [0.15, 0.2) is 18.2 Å². The number of carboxylic acids is 1. The number of methoxy groups -OCH3 is 1.